The van der Waals surface area contributed by atoms with E-state index in [0.29, 0.717) is 12.8 Å². The molecule has 0 radical (unpaired) electrons. The van der Waals surface area contributed by atoms with Gasteiger partial charge in [-0.2, -0.15) is 0 Å². The summed E-state index contributed by atoms with van der Waals surface area (Å²) in [6.45, 7) is 3.53. The number of likely N-dealkylation sites (tertiary alicyclic amines) is 1. The number of hydrogen-bond donors (Lipinski definition) is 1. The molecule has 25 heavy (non-hydrogen) atoms. The number of para-hydroxylation sites is 1. The van der Waals surface area contributed by atoms with Crippen LogP contribution in [0.5, 0.6) is 5.75 Å². The Kier molecular flexibility index (Phi) is 5.34. The average molecular weight is 340 g/mol. The standard InChI is InChI=1S/C20H24N2O3/c1-14-6-5-11-21-18(14)19(16-7-3-4-8-17(16)25-2)22-12-9-15(10-13-22)20(23)24/h3-8,11,15,19H,9-10,12-13H2,1-2H3,(H,23,24). The lowest BCUT2D eigenvalue weighted by Crippen LogP contribution is -2.39. The van der Waals surface area contributed by atoms with Crippen LogP contribution in [0.4, 0.5) is 0 Å². The molecule has 0 aliphatic carbocycles. The number of pyridine rings is 1. The van der Waals surface area contributed by atoms with Crippen molar-refractivity contribution < 1.29 is 14.6 Å². The van der Waals surface area contributed by atoms with Gasteiger partial charge in [0.2, 0.25) is 0 Å². The highest BCUT2D eigenvalue weighted by Gasteiger charge is 2.32. The predicted molar refractivity (Wildman–Crippen MR) is 95.7 cm³/mol. The molecule has 0 saturated carbocycles. The van der Waals surface area contributed by atoms with Gasteiger partial charge in [0, 0.05) is 11.8 Å². The summed E-state index contributed by atoms with van der Waals surface area (Å²) in [5.74, 6) is -0.111. The Morgan fingerprint density at radius 2 is 1.96 bits per heavy atom. The molecule has 1 fully saturated rings. The molecular formula is C20H24N2O3. The fourth-order valence-electron chi connectivity index (χ4n) is 3.60. The van der Waals surface area contributed by atoms with Gasteiger partial charge in [-0.3, -0.25) is 14.7 Å². The number of carboxylic acids is 1. The summed E-state index contributed by atoms with van der Waals surface area (Å²) in [7, 11) is 1.68. The molecule has 3 rings (SSSR count). The monoisotopic (exact) mass is 340 g/mol. The van der Waals surface area contributed by atoms with E-state index in [1.54, 1.807) is 7.11 Å². The maximum absolute atomic E-state index is 11.3. The van der Waals surface area contributed by atoms with Crippen molar-refractivity contribution in [1.82, 2.24) is 9.88 Å². The van der Waals surface area contributed by atoms with Crippen molar-refractivity contribution >= 4 is 5.97 Å². The van der Waals surface area contributed by atoms with Crippen molar-refractivity contribution in [1.29, 1.82) is 0 Å². The Labute approximate surface area is 148 Å². The number of benzene rings is 1. The lowest BCUT2D eigenvalue weighted by molar-refractivity contribution is -0.143. The topological polar surface area (TPSA) is 62.7 Å². The van der Waals surface area contributed by atoms with Gasteiger partial charge in [0.1, 0.15) is 5.75 Å². The van der Waals surface area contributed by atoms with E-state index in [-0.39, 0.29) is 12.0 Å². The molecule has 1 saturated heterocycles. The minimum absolute atomic E-state index is 0.0351. The molecule has 0 bridgehead atoms. The van der Waals surface area contributed by atoms with E-state index in [1.165, 1.54) is 0 Å². The van der Waals surface area contributed by atoms with E-state index in [2.05, 4.69) is 28.9 Å². The number of nitrogens with zero attached hydrogens (tertiary/aromatic N) is 2. The molecule has 1 unspecified atom stereocenters. The third kappa shape index (κ3) is 3.66. The van der Waals surface area contributed by atoms with Crippen LogP contribution in [-0.2, 0) is 4.79 Å². The van der Waals surface area contributed by atoms with Crippen LogP contribution in [0.2, 0.25) is 0 Å². The molecule has 2 aromatic rings. The van der Waals surface area contributed by atoms with Crippen molar-refractivity contribution in [2.24, 2.45) is 5.92 Å². The first-order valence-electron chi connectivity index (χ1n) is 8.63. The molecule has 1 aromatic carbocycles. The summed E-state index contributed by atoms with van der Waals surface area (Å²) in [5, 5.41) is 9.27. The number of aryl methyl sites for hydroxylation is 1. The number of aromatic nitrogens is 1. The number of hydrogen-bond acceptors (Lipinski definition) is 4. The van der Waals surface area contributed by atoms with Gasteiger partial charge in [-0.25, -0.2) is 0 Å². The van der Waals surface area contributed by atoms with E-state index in [9.17, 15) is 9.90 Å². The first-order valence-corrected chi connectivity index (χ1v) is 8.63. The Hall–Kier alpha value is -2.40. The number of aliphatic carboxylic acids is 1. The molecule has 1 atom stereocenters. The second kappa shape index (κ2) is 7.66. The molecule has 1 N–H and O–H groups in total. The zero-order valence-corrected chi connectivity index (χ0v) is 14.7. The van der Waals surface area contributed by atoms with Crippen LogP contribution >= 0.6 is 0 Å². The zero-order valence-electron chi connectivity index (χ0n) is 14.7. The van der Waals surface area contributed by atoms with Crippen molar-refractivity contribution in [3.8, 4) is 5.75 Å². The second-order valence-electron chi connectivity index (χ2n) is 6.50. The van der Waals surface area contributed by atoms with Gasteiger partial charge < -0.3 is 9.84 Å². The second-order valence-corrected chi connectivity index (χ2v) is 6.50. The summed E-state index contributed by atoms with van der Waals surface area (Å²) >= 11 is 0. The first kappa shape index (κ1) is 17.4. The van der Waals surface area contributed by atoms with Crippen molar-refractivity contribution in [3.05, 3.63) is 59.4 Å². The summed E-state index contributed by atoms with van der Waals surface area (Å²) < 4.78 is 5.59. The van der Waals surface area contributed by atoms with Gasteiger partial charge in [0.05, 0.1) is 24.8 Å². The smallest absolute Gasteiger partial charge is 0.306 e. The largest absolute Gasteiger partial charge is 0.496 e. The SMILES string of the molecule is COc1ccccc1C(c1ncccc1C)N1CCC(C(=O)O)CC1. The lowest BCUT2D eigenvalue weighted by Gasteiger charge is -2.37. The van der Waals surface area contributed by atoms with Crippen LogP contribution in [0.15, 0.2) is 42.6 Å². The predicted octanol–water partition coefficient (Wildman–Crippen LogP) is 3.28. The minimum atomic E-state index is -0.692. The number of piperidine rings is 1. The number of rotatable bonds is 5. The zero-order chi connectivity index (χ0) is 17.8. The lowest BCUT2D eigenvalue weighted by atomic mass is 9.91. The number of carboxylic acid groups (broad SMARTS) is 1. The maximum Gasteiger partial charge on any atom is 0.306 e. The van der Waals surface area contributed by atoms with Crippen molar-refractivity contribution in [2.75, 3.05) is 20.2 Å². The van der Waals surface area contributed by atoms with Gasteiger partial charge >= 0.3 is 5.97 Å². The number of ether oxygens (including phenoxy) is 1. The Morgan fingerprint density at radius 1 is 1.24 bits per heavy atom. The highest BCUT2D eigenvalue weighted by atomic mass is 16.5. The molecule has 1 aromatic heterocycles. The Balaban J connectivity index is 1.99. The summed E-state index contributed by atoms with van der Waals surface area (Å²) in [6.07, 6.45) is 3.13. The molecule has 5 heteroatoms. The average Bonchev–Trinajstić information content (AvgIpc) is 2.64. The van der Waals surface area contributed by atoms with Crippen molar-refractivity contribution in [3.63, 3.8) is 0 Å². The minimum Gasteiger partial charge on any atom is -0.496 e. The van der Waals surface area contributed by atoms with E-state index in [4.69, 9.17) is 4.74 Å². The van der Waals surface area contributed by atoms with E-state index >= 15 is 0 Å². The molecule has 1 aliphatic rings. The number of methoxy groups -OCH3 is 1. The molecular weight excluding hydrogens is 316 g/mol. The molecule has 1 aliphatic heterocycles. The maximum atomic E-state index is 11.3. The van der Waals surface area contributed by atoms with Crippen molar-refractivity contribution in [2.45, 2.75) is 25.8 Å². The highest BCUT2D eigenvalue weighted by molar-refractivity contribution is 5.70. The van der Waals surface area contributed by atoms with Gasteiger partial charge in [-0.1, -0.05) is 24.3 Å². The normalized spacial score (nSPS) is 17.2. The fourth-order valence-corrected chi connectivity index (χ4v) is 3.60. The van der Waals surface area contributed by atoms with Crippen LogP contribution < -0.4 is 4.74 Å². The molecule has 132 valence electrons. The summed E-state index contributed by atoms with van der Waals surface area (Å²) in [4.78, 5) is 18.2. The highest BCUT2D eigenvalue weighted by Crippen LogP contribution is 2.37. The van der Waals surface area contributed by atoms with Gasteiger partial charge in [-0.05, 0) is 50.6 Å². The first-order chi connectivity index (χ1) is 12.1. The van der Waals surface area contributed by atoms with E-state index in [0.717, 1.165) is 35.7 Å². The summed E-state index contributed by atoms with van der Waals surface area (Å²) in [6, 6.07) is 12.0. The molecule has 2 heterocycles. The molecule has 5 nitrogen and oxygen atoms in total. The molecule has 0 amide bonds. The third-order valence-electron chi connectivity index (χ3n) is 4.99. The Bertz CT molecular complexity index is 739. The van der Waals surface area contributed by atoms with E-state index in [1.807, 2.05) is 30.5 Å². The van der Waals surface area contributed by atoms with Crippen LogP contribution in [0, 0.1) is 12.8 Å². The summed E-state index contributed by atoms with van der Waals surface area (Å²) in [5.41, 5.74) is 3.19. The van der Waals surface area contributed by atoms with Crippen LogP contribution in [0.25, 0.3) is 0 Å². The van der Waals surface area contributed by atoms with Gasteiger partial charge in [0.15, 0.2) is 0 Å². The van der Waals surface area contributed by atoms with Gasteiger partial charge in [0.25, 0.3) is 0 Å². The van der Waals surface area contributed by atoms with Crippen LogP contribution in [0.3, 0.4) is 0 Å². The third-order valence-corrected chi connectivity index (χ3v) is 4.99. The fraction of sp³-hybridized carbons (Fsp3) is 0.400. The molecule has 0 spiro atoms. The van der Waals surface area contributed by atoms with Gasteiger partial charge in [-0.15, -0.1) is 0 Å². The van der Waals surface area contributed by atoms with Crippen LogP contribution in [0.1, 0.15) is 35.7 Å². The Morgan fingerprint density at radius 3 is 2.60 bits per heavy atom. The van der Waals surface area contributed by atoms with E-state index < -0.39 is 5.97 Å². The quantitative estimate of drug-likeness (QED) is 0.905. The van der Waals surface area contributed by atoms with Crippen LogP contribution in [-0.4, -0.2) is 41.2 Å². The number of carbonyl (C=O) groups is 1.